The van der Waals surface area contributed by atoms with E-state index < -0.39 is 0 Å². The minimum Gasteiger partial charge on any atom is -0.392 e. The highest BCUT2D eigenvalue weighted by atomic mass is 32.2. The summed E-state index contributed by atoms with van der Waals surface area (Å²) in [5.41, 5.74) is 0. The number of carbonyl (C=O) groups is 1. The van der Waals surface area contributed by atoms with Gasteiger partial charge in [0, 0.05) is 12.7 Å². The first-order valence-corrected chi connectivity index (χ1v) is 7.98. The molecular formula is C14H28O2S. The average molecular weight is 260 g/mol. The molecule has 0 aliphatic carbocycles. The van der Waals surface area contributed by atoms with Crippen molar-refractivity contribution < 1.29 is 8.98 Å². The average Bonchev–Trinajstić information content (AvgIpc) is 2.30. The molecule has 17 heavy (non-hydrogen) atoms. The summed E-state index contributed by atoms with van der Waals surface area (Å²) >= 11 is 1.29. The Balaban J connectivity index is 2.91. The van der Waals surface area contributed by atoms with Gasteiger partial charge in [-0.2, -0.15) is 0 Å². The molecule has 0 atom stereocenters. The minimum absolute atomic E-state index is 0.193. The van der Waals surface area contributed by atoms with Crippen LogP contribution in [0.1, 0.15) is 78.1 Å². The van der Waals surface area contributed by atoms with Gasteiger partial charge in [0.2, 0.25) is 0 Å². The van der Waals surface area contributed by atoms with Gasteiger partial charge in [-0.3, -0.25) is 4.79 Å². The molecule has 0 fully saturated rings. The Hall–Kier alpha value is -0.180. The molecule has 0 saturated heterocycles. The highest BCUT2D eigenvalue weighted by molar-refractivity contribution is 7.95. The van der Waals surface area contributed by atoms with Crippen LogP contribution >= 0.6 is 12.0 Å². The minimum atomic E-state index is -0.193. The van der Waals surface area contributed by atoms with Crippen LogP contribution in [0.3, 0.4) is 0 Å². The van der Waals surface area contributed by atoms with Gasteiger partial charge >= 0.3 is 5.97 Å². The summed E-state index contributed by atoms with van der Waals surface area (Å²) in [5, 5.41) is 0. The van der Waals surface area contributed by atoms with E-state index in [1.807, 2.05) is 0 Å². The quantitative estimate of drug-likeness (QED) is 0.360. The topological polar surface area (TPSA) is 26.3 Å². The van der Waals surface area contributed by atoms with Crippen molar-refractivity contribution in [1.82, 2.24) is 0 Å². The van der Waals surface area contributed by atoms with Crippen LogP contribution in [0.25, 0.3) is 0 Å². The Kier molecular flexibility index (Phi) is 13.7. The standard InChI is InChI=1S/C14H28O2S/c1-3-4-5-6-7-8-9-10-11-12-13-17-16-14(2)15/h3-13H2,1-2H3. The molecule has 2 nitrogen and oxygen atoms in total. The second-order valence-corrected chi connectivity index (χ2v) is 5.39. The number of rotatable bonds is 12. The van der Waals surface area contributed by atoms with Crippen molar-refractivity contribution in [2.75, 3.05) is 5.75 Å². The fourth-order valence-corrected chi connectivity index (χ4v) is 2.34. The van der Waals surface area contributed by atoms with Gasteiger partial charge in [0.1, 0.15) is 0 Å². The van der Waals surface area contributed by atoms with E-state index in [1.54, 1.807) is 0 Å². The maximum atomic E-state index is 10.5. The Bertz CT molecular complexity index is 172. The Labute approximate surface area is 111 Å². The molecule has 0 saturated carbocycles. The first-order valence-electron chi connectivity index (χ1n) is 7.07. The fraction of sp³-hybridized carbons (Fsp3) is 0.929. The van der Waals surface area contributed by atoms with Gasteiger partial charge in [-0.15, -0.1) is 0 Å². The molecule has 102 valence electrons. The maximum absolute atomic E-state index is 10.5. The number of hydrogen-bond acceptors (Lipinski definition) is 3. The number of unbranched alkanes of at least 4 members (excludes halogenated alkanes) is 9. The van der Waals surface area contributed by atoms with E-state index in [9.17, 15) is 4.79 Å². The summed E-state index contributed by atoms with van der Waals surface area (Å²) in [6.07, 6.45) is 13.5. The first kappa shape index (κ1) is 16.8. The molecule has 0 aromatic heterocycles. The van der Waals surface area contributed by atoms with E-state index in [4.69, 9.17) is 4.18 Å². The molecule has 3 heteroatoms. The van der Waals surface area contributed by atoms with Gasteiger partial charge < -0.3 is 4.18 Å². The molecule has 0 rings (SSSR count). The zero-order chi connectivity index (χ0) is 12.8. The van der Waals surface area contributed by atoms with Gasteiger partial charge in [0.15, 0.2) is 0 Å². The third-order valence-electron chi connectivity index (χ3n) is 2.76. The number of carbonyl (C=O) groups excluding carboxylic acids is 1. The summed E-state index contributed by atoms with van der Waals surface area (Å²) in [4.78, 5) is 10.5. The van der Waals surface area contributed by atoms with E-state index in [0.717, 1.165) is 12.2 Å². The van der Waals surface area contributed by atoms with Crippen LogP contribution in [0.15, 0.2) is 0 Å². The molecule has 0 aromatic carbocycles. The van der Waals surface area contributed by atoms with E-state index in [-0.39, 0.29) is 5.97 Å². The Morgan fingerprint density at radius 3 is 1.82 bits per heavy atom. The predicted octanol–water partition coefficient (Wildman–Crippen LogP) is 5.12. The molecule has 0 aliphatic heterocycles. The van der Waals surface area contributed by atoms with Crippen LogP contribution in [-0.4, -0.2) is 11.7 Å². The van der Waals surface area contributed by atoms with Gasteiger partial charge in [0.25, 0.3) is 0 Å². The summed E-state index contributed by atoms with van der Waals surface area (Å²) in [6, 6.07) is 0. The van der Waals surface area contributed by atoms with E-state index >= 15 is 0 Å². The lowest BCUT2D eigenvalue weighted by Gasteiger charge is -2.02. The molecule has 0 aromatic rings. The number of hydrogen-bond donors (Lipinski definition) is 0. The second-order valence-electron chi connectivity index (χ2n) is 4.58. The van der Waals surface area contributed by atoms with E-state index in [1.165, 1.54) is 76.8 Å². The highest BCUT2D eigenvalue weighted by Gasteiger charge is 1.95. The van der Waals surface area contributed by atoms with Crippen LogP contribution in [0.2, 0.25) is 0 Å². The Morgan fingerprint density at radius 1 is 0.882 bits per heavy atom. The largest absolute Gasteiger partial charge is 0.392 e. The third-order valence-corrected chi connectivity index (χ3v) is 3.57. The lowest BCUT2D eigenvalue weighted by molar-refractivity contribution is -0.130. The van der Waals surface area contributed by atoms with Gasteiger partial charge in [-0.1, -0.05) is 64.7 Å². The zero-order valence-corrected chi connectivity index (χ0v) is 12.3. The predicted molar refractivity (Wildman–Crippen MR) is 76.1 cm³/mol. The van der Waals surface area contributed by atoms with Crippen molar-refractivity contribution in [3.63, 3.8) is 0 Å². The van der Waals surface area contributed by atoms with Crippen LogP contribution in [0, 0.1) is 0 Å². The van der Waals surface area contributed by atoms with Crippen LogP contribution < -0.4 is 0 Å². The first-order chi connectivity index (χ1) is 8.27. The lowest BCUT2D eigenvalue weighted by atomic mass is 10.1. The monoisotopic (exact) mass is 260 g/mol. The smallest absolute Gasteiger partial charge is 0.314 e. The molecule has 0 unspecified atom stereocenters. The molecule has 0 N–H and O–H groups in total. The van der Waals surface area contributed by atoms with Crippen molar-refractivity contribution in [3.05, 3.63) is 0 Å². The van der Waals surface area contributed by atoms with Crippen molar-refractivity contribution in [2.45, 2.75) is 78.1 Å². The second kappa shape index (κ2) is 13.9. The summed E-state index contributed by atoms with van der Waals surface area (Å²) < 4.78 is 4.80. The van der Waals surface area contributed by atoms with Crippen molar-refractivity contribution in [2.24, 2.45) is 0 Å². The molecular weight excluding hydrogens is 232 g/mol. The molecule has 0 bridgehead atoms. The third kappa shape index (κ3) is 15.8. The summed E-state index contributed by atoms with van der Waals surface area (Å²) in [5.74, 6) is 0.748. The SMILES string of the molecule is CCCCCCCCCCCCSOC(C)=O. The molecule has 0 radical (unpaired) electrons. The van der Waals surface area contributed by atoms with Crippen molar-refractivity contribution in [1.29, 1.82) is 0 Å². The molecule has 0 heterocycles. The van der Waals surface area contributed by atoms with Crippen LogP contribution in [-0.2, 0) is 8.98 Å². The van der Waals surface area contributed by atoms with Crippen molar-refractivity contribution >= 4 is 18.0 Å². The summed E-state index contributed by atoms with van der Waals surface area (Å²) in [6.45, 7) is 3.71. The maximum Gasteiger partial charge on any atom is 0.314 e. The van der Waals surface area contributed by atoms with Crippen LogP contribution in [0.4, 0.5) is 0 Å². The highest BCUT2D eigenvalue weighted by Crippen LogP contribution is 2.12. The normalized spacial score (nSPS) is 10.5. The summed E-state index contributed by atoms with van der Waals surface area (Å²) in [7, 11) is 0. The zero-order valence-electron chi connectivity index (χ0n) is 11.5. The van der Waals surface area contributed by atoms with Gasteiger partial charge in [-0.05, 0) is 6.42 Å². The van der Waals surface area contributed by atoms with Crippen LogP contribution in [0.5, 0.6) is 0 Å². The van der Waals surface area contributed by atoms with Crippen molar-refractivity contribution in [3.8, 4) is 0 Å². The molecule has 0 aliphatic rings. The van der Waals surface area contributed by atoms with Gasteiger partial charge in [-0.25, -0.2) is 0 Å². The Morgan fingerprint density at radius 2 is 1.35 bits per heavy atom. The lowest BCUT2D eigenvalue weighted by Crippen LogP contribution is -1.91. The molecule has 0 spiro atoms. The fourth-order valence-electron chi connectivity index (χ4n) is 1.77. The van der Waals surface area contributed by atoms with Gasteiger partial charge in [0.05, 0.1) is 12.0 Å². The van der Waals surface area contributed by atoms with E-state index in [0.29, 0.717) is 0 Å². The molecule has 0 amide bonds. The van der Waals surface area contributed by atoms with E-state index in [2.05, 4.69) is 6.92 Å².